The molecule has 0 aliphatic heterocycles. The van der Waals surface area contributed by atoms with Gasteiger partial charge in [-0.2, -0.15) is 149 Å². The molecule has 1 N–H and O–H groups in total. The van der Waals surface area contributed by atoms with E-state index in [2.05, 4.69) is 4.74 Å². The predicted octanol–water partition coefficient (Wildman–Crippen LogP) is 13.8. The number of alkyl halides is 34. The third-order valence-electron chi connectivity index (χ3n) is 8.94. The number of anilines is 1. The molecule has 0 aliphatic carbocycles. The smallest absolute Gasteiger partial charge is 0.460 e. The number of methoxy groups -OCH3 is 1. The van der Waals surface area contributed by atoms with Gasteiger partial charge in [-0.3, -0.25) is 0 Å². The van der Waals surface area contributed by atoms with E-state index in [1.165, 1.54) is 0 Å². The summed E-state index contributed by atoms with van der Waals surface area (Å²) in [5.74, 6) is -121. The van der Waals surface area contributed by atoms with Gasteiger partial charge in [-0.15, -0.1) is 0 Å². The Kier molecular flexibility index (Phi) is 15.5. The summed E-state index contributed by atoms with van der Waals surface area (Å²) in [6, 6.07) is 1.18. The highest BCUT2D eigenvalue weighted by Gasteiger charge is 2.96. The third-order valence-corrected chi connectivity index (χ3v) is 8.94. The zero-order valence-corrected chi connectivity index (χ0v) is 30.6. The zero-order chi connectivity index (χ0) is 53.4. The molecule has 0 saturated heterocycles. The fourth-order valence-corrected chi connectivity index (χ4v) is 4.94. The topological polar surface area (TPSA) is 32.7 Å². The minimum atomic E-state index is -9.03. The Morgan fingerprint density at radius 1 is 0.379 bits per heavy atom. The van der Waals surface area contributed by atoms with Crippen molar-refractivity contribution < 1.29 is 159 Å². The van der Waals surface area contributed by atoms with Gasteiger partial charge in [0.25, 0.3) is 0 Å². The number of halogens is 34. The number of nitrogens with zero attached hydrogens (tertiary/aromatic N) is 1. The van der Waals surface area contributed by atoms with Crippen LogP contribution in [0.3, 0.4) is 0 Å². The first-order valence-corrected chi connectivity index (χ1v) is 16.1. The predicted molar refractivity (Wildman–Crippen MR) is 147 cm³/mol. The first kappa shape index (κ1) is 60.3. The molecule has 37 heteroatoms. The monoisotopic (exact) mass is 1060 g/mol. The van der Waals surface area contributed by atoms with Crippen LogP contribution >= 0.6 is 0 Å². The lowest BCUT2D eigenvalue weighted by Gasteiger charge is -2.43. The second kappa shape index (κ2) is 17.0. The molecule has 0 bridgehead atoms. The third kappa shape index (κ3) is 8.77. The summed E-state index contributed by atoms with van der Waals surface area (Å²) < 4.78 is 467. The molecule has 390 valence electrons. The Bertz CT molecular complexity index is 1720. The number of benzene rings is 1. The lowest BCUT2D eigenvalue weighted by atomic mass is 9.88. The first-order chi connectivity index (χ1) is 28.5. The quantitative estimate of drug-likeness (QED) is 0.118. The van der Waals surface area contributed by atoms with E-state index in [1.807, 2.05) is 0 Å². The van der Waals surface area contributed by atoms with Crippen LogP contribution < -0.4 is 9.64 Å². The number of hydrogen-bond donors (Lipinski definition) is 1. The molecule has 0 heterocycles. The van der Waals surface area contributed by atoms with Crippen LogP contribution in [0.2, 0.25) is 0 Å². The molecule has 1 aromatic rings. The van der Waals surface area contributed by atoms with Crippen molar-refractivity contribution in [1.29, 1.82) is 0 Å². The van der Waals surface area contributed by atoms with E-state index in [-0.39, 0.29) is 11.0 Å². The van der Waals surface area contributed by atoms with Crippen molar-refractivity contribution in [3.05, 3.63) is 18.2 Å². The van der Waals surface area contributed by atoms with Crippen LogP contribution in [-0.2, 0) is 0 Å². The summed E-state index contributed by atoms with van der Waals surface area (Å²) in [5.41, 5.74) is -1.02. The Hall–Kier alpha value is -3.76. The average Bonchev–Trinajstić information content (AvgIpc) is 3.12. The number of ether oxygens (including phenoxy) is 1. The van der Waals surface area contributed by atoms with Gasteiger partial charge < -0.3 is 14.7 Å². The van der Waals surface area contributed by atoms with Crippen LogP contribution in [0.25, 0.3) is 0 Å². The van der Waals surface area contributed by atoms with Gasteiger partial charge in [0.15, 0.2) is 11.5 Å². The van der Waals surface area contributed by atoms with Crippen molar-refractivity contribution in [2.45, 2.75) is 121 Å². The van der Waals surface area contributed by atoms with Gasteiger partial charge in [-0.05, 0) is 25.0 Å². The molecule has 0 atom stereocenters. The highest BCUT2D eigenvalue weighted by Crippen LogP contribution is 2.66. The molecular weight excluding hydrogens is 1040 g/mol. The van der Waals surface area contributed by atoms with E-state index >= 15 is 0 Å². The van der Waals surface area contributed by atoms with Crippen LogP contribution in [0.15, 0.2) is 18.2 Å². The van der Waals surface area contributed by atoms with E-state index in [0.29, 0.717) is 12.1 Å². The first-order valence-electron chi connectivity index (χ1n) is 16.1. The average molecular weight is 1060 g/mol. The SMILES string of the molecule is COc1ccc(N(CCCC(F)(F)C(F)(F)C(F)(F)C(F)(F)C(F)(F)C(F)(F)C(F)(F)C(F)(F)F)CCCC(F)(F)C(F)(F)C(F)(F)C(F)(F)C(F)(F)C(F)(F)C(F)(F)C(F)(F)F)cc1O. The maximum absolute atomic E-state index is 14.5. The number of aromatic hydroxyl groups is 1. The Labute approximate surface area is 341 Å². The van der Waals surface area contributed by atoms with Crippen molar-refractivity contribution in [1.82, 2.24) is 0 Å². The molecule has 66 heavy (non-hydrogen) atoms. The molecule has 0 amide bonds. The van der Waals surface area contributed by atoms with Crippen LogP contribution in [0, 0.1) is 0 Å². The molecular formula is C29H19F34NO2. The molecule has 0 fully saturated rings. The minimum absolute atomic E-state index is 0.0943. The van der Waals surface area contributed by atoms with Gasteiger partial charge in [0.2, 0.25) is 0 Å². The van der Waals surface area contributed by atoms with Gasteiger partial charge in [-0.25, -0.2) is 0 Å². The molecule has 0 radical (unpaired) electrons. The normalized spacial score (nSPS) is 15.9. The van der Waals surface area contributed by atoms with Crippen molar-refractivity contribution in [3.63, 3.8) is 0 Å². The second-order valence-corrected chi connectivity index (χ2v) is 13.3. The summed E-state index contributed by atoms with van der Waals surface area (Å²) in [7, 11) is 0.743. The molecule has 1 rings (SSSR count). The second-order valence-electron chi connectivity index (χ2n) is 13.3. The molecule has 0 aliphatic rings. The van der Waals surface area contributed by atoms with E-state index in [9.17, 15) is 154 Å². The Morgan fingerprint density at radius 3 is 0.848 bits per heavy atom. The Morgan fingerprint density at radius 2 is 0.621 bits per heavy atom. The molecule has 3 nitrogen and oxygen atoms in total. The van der Waals surface area contributed by atoms with Gasteiger partial charge in [-0.1, -0.05) is 0 Å². The molecule has 0 aromatic heterocycles. The highest BCUT2D eigenvalue weighted by atomic mass is 19.4. The minimum Gasteiger partial charge on any atom is -0.504 e. The molecule has 1 aromatic carbocycles. The van der Waals surface area contributed by atoms with Crippen molar-refractivity contribution in [2.75, 3.05) is 25.1 Å². The largest absolute Gasteiger partial charge is 0.504 e. The number of phenolic OH excluding ortho intramolecular Hbond substituents is 1. The summed E-state index contributed by atoms with van der Waals surface area (Å²) in [6.07, 6.45) is -27.0. The molecule has 0 spiro atoms. The number of phenols is 1. The van der Waals surface area contributed by atoms with E-state index in [1.54, 1.807) is 0 Å². The summed E-state index contributed by atoms with van der Waals surface area (Å²) in [5, 5.41) is 9.88. The molecule has 0 unspecified atom stereocenters. The van der Waals surface area contributed by atoms with Crippen LogP contribution in [-0.4, -0.2) is 121 Å². The summed E-state index contributed by atoms with van der Waals surface area (Å²) >= 11 is 0. The Balaban J connectivity index is 3.62. The summed E-state index contributed by atoms with van der Waals surface area (Å²) in [6.45, 7) is -3.70. The lowest BCUT2D eigenvalue weighted by molar-refractivity contribution is -0.461. The maximum Gasteiger partial charge on any atom is 0.460 e. The fourth-order valence-electron chi connectivity index (χ4n) is 4.94. The fraction of sp³-hybridized carbons (Fsp3) is 0.793. The number of hydrogen-bond acceptors (Lipinski definition) is 3. The van der Waals surface area contributed by atoms with Crippen molar-refractivity contribution in [3.8, 4) is 11.5 Å². The highest BCUT2D eigenvalue weighted by molar-refractivity contribution is 5.55. The van der Waals surface area contributed by atoms with Crippen LogP contribution in [0.4, 0.5) is 155 Å². The zero-order valence-electron chi connectivity index (χ0n) is 30.6. The number of rotatable bonds is 22. The van der Waals surface area contributed by atoms with Crippen molar-refractivity contribution >= 4 is 5.69 Å². The van der Waals surface area contributed by atoms with Crippen molar-refractivity contribution in [2.24, 2.45) is 0 Å². The van der Waals surface area contributed by atoms with Gasteiger partial charge >= 0.3 is 95.3 Å². The van der Waals surface area contributed by atoms with E-state index < -0.39 is 151 Å². The standard InChI is InChI=1S/C29H19F34NO2/c1-66-13-5-4-11(10-12(13)65)64(8-2-6-14(30,31)16(34,35)18(38,39)20(42,43)22(46,47)24(50,51)26(54,55)28(58,59)60)9-3-7-15(32,33)17(36,37)19(40,41)21(44,45)23(48,49)25(52,53)27(56,57)29(61,62)63/h4-5,10,65H,2-3,6-9H2,1H3. The van der Waals surface area contributed by atoms with Gasteiger partial charge in [0.05, 0.1) is 7.11 Å². The van der Waals surface area contributed by atoms with Crippen LogP contribution in [0.1, 0.15) is 25.7 Å². The summed E-state index contributed by atoms with van der Waals surface area (Å²) in [4.78, 5) is -0.0943. The van der Waals surface area contributed by atoms with E-state index in [4.69, 9.17) is 0 Å². The van der Waals surface area contributed by atoms with Gasteiger partial charge in [0, 0.05) is 37.7 Å². The maximum atomic E-state index is 14.5. The molecule has 0 saturated carbocycles. The van der Waals surface area contributed by atoms with Gasteiger partial charge in [0.1, 0.15) is 0 Å². The van der Waals surface area contributed by atoms with E-state index in [0.717, 1.165) is 7.11 Å². The van der Waals surface area contributed by atoms with Crippen LogP contribution in [0.5, 0.6) is 11.5 Å². The lowest BCUT2D eigenvalue weighted by Crippen LogP contribution is -2.74.